The highest BCUT2D eigenvalue weighted by atomic mass is 32.2. The largest absolute Gasteiger partial charge is 0.497 e. The van der Waals surface area contributed by atoms with Crippen LogP contribution in [0, 0.1) is 5.92 Å². The molecular formula is C23H27N3O4S. The van der Waals surface area contributed by atoms with Gasteiger partial charge in [0, 0.05) is 11.8 Å². The summed E-state index contributed by atoms with van der Waals surface area (Å²) >= 11 is 0. The lowest BCUT2D eigenvalue weighted by molar-refractivity contribution is -0.149. The Morgan fingerprint density at radius 1 is 1.16 bits per heavy atom. The third kappa shape index (κ3) is 4.66. The van der Waals surface area contributed by atoms with Crippen LogP contribution in [0.5, 0.6) is 5.75 Å². The molecule has 2 heterocycles. The highest BCUT2D eigenvalue weighted by Crippen LogP contribution is 2.54. The van der Waals surface area contributed by atoms with E-state index in [0.29, 0.717) is 0 Å². The molecule has 1 unspecified atom stereocenters. The number of hydrogen-bond acceptors (Lipinski definition) is 5. The standard InChI is InChI=1S/C23H27N3O4S/c1-15(27)29-23-21(25-26-24)22-17(14-31(23)19-6-4-3-5-7-19)10-13-20(30-22)16-8-11-18(28-2)12-9-16/h3-9,11-12,17,20-23,31H,10,13-14H2,1-2H3/t17-,20-,21-,22+,23+/m0/s1. The number of hydrogen-bond donors (Lipinski definition) is 1. The molecule has 0 radical (unpaired) electrons. The summed E-state index contributed by atoms with van der Waals surface area (Å²) in [6.07, 6.45) is 1.48. The third-order valence-electron chi connectivity index (χ3n) is 6.00. The van der Waals surface area contributed by atoms with E-state index < -0.39 is 22.4 Å². The maximum absolute atomic E-state index is 11.9. The van der Waals surface area contributed by atoms with Gasteiger partial charge in [0.25, 0.3) is 0 Å². The zero-order valence-electron chi connectivity index (χ0n) is 17.6. The molecular weight excluding hydrogens is 414 g/mol. The Kier molecular flexibility index (Phi) is 6.70. The van der Waals surface area contributed by atoms with Crippen LogP contribution in [0.2, 0.25) is 0 Å². The average Bonchev–Trinajstić information content (AvgIpc) is 2.80. The minimum Gasteiger partial charge on any atom is -0.497 e. The van der Waals surface area contributed by atoms with Gasteiger partial charge in [0.05, 0.1) is 19.3 Å². The molecule has 0 spiro atoms. The van der Waals surface area contributed by atoms with Gasteiger partial charge in [0.2, 0.25) is 0 Å². The molecule has 8 heteroatoms. The minimum atomic E-state index is -0.837. The van der Waals surface area contributed by atoms with Crippen LogP contribution in [-0.4, -0.2) is 36.4 Å². The Morgan fingerprint density at radius 3 is 2.55 bits per heavy atom. The second-order valence-electron chi connectivity index (χ2n) is 7.88. The Hall–Kier alpha value is -2.67. The summed E-state index contributed by atoms with van der Waals surface area (Å²) in [5, 5.41) is 4.11. The number of benzene rings is 2. The van der Waals surface area contributed by atoms with Gasteiger partial charge in [0.15, 0.2) is 0 Å². The van der Waals surface area contributed by atoms with Crippen molar-refractivity contribution in [2.24, 2.45) is 11.0 Å². The fourth-order valence-corrected chi connectivity index (χ4v) is 7.61. The number of methoxy groups -OCH3 is 1. The number of nitrogens with zero attached hydrogens (tertiary/aromatic N) is 3. The van der Waals surface area contributed by atoms with Crippen LogP contribution in [0.25, 0.3) is 10.4 Å². The quantitative estimate of drug-likeness (QED) is 0.228. The van der Waals surface area contributed by atoms with Gasteiger partial charge in [-0.15, -0.1) is 0 Å². The van der Waals surface area contributed by atoms with Gasteiger partial charge >= 0.3 is 5.97 Å². The number of azide groups is 1. The molecule has 0 saturated carbocycles. The maximum atomic E-state index is 11.9. The van der Waals surface area contributed by atoms with Gasteiger partial charge in [-0.2, -0.15) is 10.9 Å². The molecule has 0 amide bonds. The lowest BCUT2D eigenvalue weighted by Gasteiger charge is -2.50. The summed E-state index contributed by atoms with van der Waals surface area (Å²) in [6, 6.07) is 17.4. The summed E-state index contributed by atoms with van der Waals surface area (Å²) in [4.78, 5) is 16.2. The number of carbonyl (C=O) groups is 1. The summed E-state index contributed by atoms with van der Waals surface area (Å²) in [6.45, 7) is 1.40. The Bertz CT molecular complexity index is 949. The predicted molar refractivity (Wildman–Crippen MR) is 120 cm³/mol. The van der Waals surface area contributed by atoms with Crippen molar-refractivity contribution in [3.05, 3.63) is 70.6 Å². The second kappa shape index (κ2) is 9.64. The van der Waals surface area contributed by atoms with Crippen molar-refractivity contribution in [2.75, 3.05) is 12.9 Å². The monoisotopic (exact) mass is 441 g/mol. The number of ether oxygens (including phenoxy) is 3. The van der Waals surface area contributed by atoms with Crippen molar-refractivity contribution in [3.8, 4) is 5.75 Å². The number of rotatable bonds is 5. The van der Waals surface area contributed by atoms with Gasteiger partial charge < -0.3 is 14.2 Å². The van der Waals surface area contributed by atoms with Crippen LogP contribution < -0.4 is 4.74 Å². The molecule has 2 saturated heterocycles. The Balaban J connectivity index is 1.64. The molecule has 0 bridgehead atoms. The van der Waals surface area contributed by atoms with Crippen molar-refractivity contribution in [1.29, 1.82) is 0 Å². The molecule has 0 aromatic heterocycles. The highest BCUT2D eigenvalue weighted by molar-refractivity contribution is 8.17. The van der Waals surface area contributed by atoms with E-state index in [1.807, 2.05) is 42.5 Å². The van der Waals surface area contributed by atoms with Crippen LogP contribution in [0.3, 0.4) is 0 Å². The van der Waals surface area contributed by atoms with Crippen LogP contribution in [0.1, 0.15) is 31.4 Å². The molecule has 2 aromatic carbocycles. The maximum Gasteiger partial charge on any atom is 0.303 e. The Morgan fingerprint density at radius 2 is 1.90 bits per heavy atom. The van der Waals surface area contributed by atoms with Crippen LogP contribution in [0.4, 0.5) is 0 Å². The van der Waals surface area contributed by atoms with Crippen molar-refractivity contribution in [1.82, 2.24) is 0 Å². The lowest BCUT2D eigenvalue weighted by atomic mass is 9.87. The van der Waals surface area contributed by atoms with E-state index in [4.69, 9.17) is 14.2 Å². The first kappa shape index (κ1) is 21.6. The van der Waals surface area contributed by atoms with E-state index in [1.54, 1.807) is 7.11 Å². The number of fused-ring (bicyclic) bond motifs is 1. The molecule has 2 fully saturated rings. The van der Waals surface area contributed by atoms with Gasteiger partial charge in [-0.25, -0.2) is 0 Å². The summed E-state index contributed by atoms with van der Waals surface area (Å²) in [5.74, 6) is 1.57. The topological polar surface area (TPSA) is 93.5 Å². The normalized spacial score (nSPS) is 31.0. The summed E-state index contributed by atoms with van der Waals surface area (Å²) in [7, 11) is 0.805. The lowest BCUT2D eigenvalue weighted by Crippen LogP contribution is -2.52. The molecule has 0 aliphatic carbocycles. The van der Waals surface area contributed by atoms with Crippen LogP contribution in [-0.2, 0) is 14.3 Å². The van der Waals surface area contributed by atoms with Gasteiger partial charge in [-0.3, -0.25) is 4.79 Å². The first-order valence-corrected chi connectivity index (χ1v) is 12.0. The van der Waals surface area contributed by atoms with Crippen molar-refractivity contribution in [3.63, 3.8) is 0 Å². The zero-order valence-corrected chi connectivity index (χ0v) is 18.5. The second-order valence-corrected chi connectivity index (χ2v) is 10.2. The average molecular weight is 442 g/mol. The molecule has 2 aromatic rings. The third-order valence-corrected chi connectivity index (χ3v) is 8.85. The first-order chi connectivity index (χ1) is 15.1. The van der Waals surface area contributed by atoms with Gasteiger partial charge in [-0.1, -0.05) is 47.6 Å². The van der Waals surface area contributed by atoms with Crippen LogP contribution in [0.15, 0.2) is 64.6 Å². The molecule has 0 N–H and O–H groups in total. The molecule has 2 aliphatic heterocycles. The van der Waals surface area contributed by atoms with Gasteiger partial charge in [-0.05, 0) is 52.6 Å². The SMILES string of the molecule is COc1ccc([C@@H]2CC[C@H]3C[SH](c4ccccc4)[C@@H](OC(C)=O)[C@@H](N=[N+]=[N-])[C@@H]3O2)cc1. The fourth-order valence-electron chi connectivity index (χ4n) is 4.58. The zero-order chi connectivity index (χ0) is 21.8. The molecule has 7 nitrogen and oxygen atoms in total. The highest BCUT2D eigenvalue weighted by Gasteiger charge is 2.48. The van der Waals surface area contributed by atoms with Crippen LogP contribution >= 0.6 is 10.9 Å². The number of thiol groups is 1. The van der Waals surface area contributed by atoms with Crippen molar-refractivity contribution in [2.45, 2.75) is 48.3 Å². The van der Waals surface area contributed by atoms with E-state index in [1.165, 1.54) is 6.92 Å². The van der Waals surface area contributed by atoms with E-state index in [-0.39, 0.29) is 24.1 Å². The van der Waals surface area contributed by atoms with E-state index in [9.17, 15) is 10.3 Å². The molecule has 164 valence electrons. The van der Waals surface area contributed by atoms with Crippen molar-refractivity contribution < 1.29 is 19.0 Å². The fraction of sp³-hybridized carbons (Fsp3) is 0.435. The summed E-state index contributed by atoms with van der Waals surface area (Å²) < 4.78 is 17.6. The van der Waals surface area contributed by atoms with E-state index in [0.717, 1.165) is 34.8 Å². The molecule has 6 atom stereocenters. The number of carbonyl (C=O) groups excluding carboxylic acids is 1. The smallest absolute Gasteiger partial charge is 0.303 e. The molecule has 2 aliphatic rings. The van der Waals surface area contributed by atoms with E-state index >= 15 is 0 Å². The van der Waals surface area contributed by atoms with Gasteiger partial charge in [0.1, 0.15) is 17.2 Å². The predicted octanol–water partition coefficient (Wildman–Crippen LogP) is 5.17. The van der Waals surface area contributed by atoms with E-state index in [2.05, 4.69) is 22.2 Å². The minimum absolute atomic E-state index is 0.0948. The first-order valence-electron chi connectivity index (χ1n) is 10.4. The molecule has 4 rings (SSSR count). The molecule has 31 heavy (non-hydrogen) atoms. The number of esters is 1. The van der Waals surface area contributed by atoms with Crippen molar-refractivity contribution >= 4 is 16.9 Å². The Labute approximate surface area is 184 Å². The summed E-state index contributed by atoms with van der Waals surface area (Å²) in [5.41, 5.74) is 9.88.